The molecule has 4 heteroatoms. The van der Waals surface area contributed by atoms with Crippen molar-refractivity contribution in [1.29, 1.82) is 0 Å². The average Bonchev–Trinajstić information content (AvgIpc) is 2.00. The van der Waals surface area contributed by atoms with E-state index in [2.05, 4.69) is 13.8 Å². The fourth-order valence-corrected chi connectivity index (χ4v) is 1.37. The first kappa shape index (κ1) is 14.4. The molecule has 0 aliphatic carbocycles. The molecule has 0 aromatic carbocycles. The summed E-state index contributed by atoms with van der Waals surface area (Å²) < 4.78 is 5.06. The molecule has 0 fully saturated rings. The van der Waals surface area contributed by atoms with Crippen LogP contribution in [0.4, 0.5) is 0 Å². The molecule has 2 N–H and O–H groups in total. The van der Waals surface area contributed by atoms with Gasteiger partial charge in [0, 0.05) is 6.54 Å². The summed E-state index contributed by atoms with van der Waals surface area (Å²) in [5.41, 5.74) is 5.66. The molecular formula is C11H24N2O2. The van der Waals surface area contributed by atoms with Gasteiger partial charge in [-0.3, -0.25) is 9.69 Å². The highest BCUT2D eigenvalue weighted by Crippen LogP contribution is 2.13. The smallest absolute Gasteiger partial charge is 0.320 e. The Morgan fingerprint density at radius 2 is 2.00 bits per heavy atom. The third-order valence-electron chi connectivity index (χ3n) is 2.02. The Kier molecular flexibility index (Phi) is 5.83. The number of carbonyl (C=O) groups excluding carboxylic acids is 1. The van der Waals surface area contributed by atoms with E-state index in [1.807, 2.05) is 25.8 Å². The summed E-state index contributed by atoms with van der Waals surface area (Å²) in [6.07, 6.45) is -0.0478. The number of nitrogens with zero attached hydrogens (tertiary/aromatic N) is 1. The van der Waals surface area contributed by atoms with Gasteiger partial charge in [-0.25, -0.2) is 0 Å². The number of likely N-dealkylation sites (N-methyl/N-ethyl adjacent to an activating group) is 1. The summed E-state index contributed by atoms with van der Waals surface area (Å²) in [6, 6.07) is 0. The molecule has 0 saturated heterocycles. The predicted octanol–water partition coefficient (Wildman–Crippen LogP) is 0.855. The molecule has 0 aromatic heterocycles. The number of hydrogen-bond donors (Lipinski definition) is 1. The Hall–Kier alpha value is -0.610. The third-order valence-corrected chi connectivity index (χ3v) is 2.02. The lowest BCUT2D eigenvalue weighted by Crippen LogP contribution is -2.39. The van der Waals surface area contributed by atoms with Crippen LogP contribution in [0, 0.1) is 5.41 Å². The van der Waals surface area contributed by atoms with Crippen molar-refractivity contribution in [1.82, 2.24) is 4.90 Å². The van der Waals surface area contributed by atoms with E-state index in [9.17, 15) is 4.79 Å². The molecule has 0 rings (SSSR count). The van der Waals surface area contributed by atoms with Gasteiger partial charge in [0.05, 0.1) is 12.6 Å². The average molecular weight is 216 g/mol. The zero-order chi connectivity index (χ0) is 12.1. The Morgan fingerprint density at radius 1 is 1.47 bits per heavy atom. The van der Waals surface area contributed by atoms with Crippen molar-refractivity contribution in [3.05, 3.63) is 0 Å². The van der Waals surface area contributed by atoms with Gasteiger partial charge in [-0.1, -0.05) is 13.8 Å². The summed E-state index contributed by atoms with van der Waals surface area (Å²) in [6.45, 7) is 9.58. The lowest BCUT2D eigenvalue weighted by molar-refractivity contribution is -0.148. The monoisotopic (exact) mass is 216 g/mol. The van der Waals surface area contributed by atoms with E-state index in [0.29, 0.717) is 13.1 Å². The zero-order valence-electron chi connectivity index (χ0n) is 10.5. The van der Waals surface area contributed by atoms with Crippen molar-refractivity contribution >= 4 is 5.97 Å². The molecule has 0 aliphatic rings. The topological polar surface area (TPSA) is 55.6 Å². The molecule has 0 amide bonds. The summed E-state index contributed by atoms with van der Waals surface area (Å²) in [4.78, 5) is 13.3. The minimum absolute atomic E-state index is 0.0346. The van der Waals surface area contributed by atoms with Crippen LogP contribution < -0.4 is 5.73 Å². The van der Waals surface area contributed by atoms with E-state index in [1.54, 1.807) is 0 Å². The molecule has 0 heterocycles. The van der Waals surface area contributed by atoms with Gasteiger partial charge in [-0.05, 0) is 32.9 Å². The van der Waals surface area contributed by atoms with Crippen molar-refractivity contribution in [2.45, 2.75) is 33.8 Å². The fraction of sp³-hybridized carbons (Fsp3) is 0.909. The first-order valence-corrected chi connectivity index (χ1v) is 5.35. The van der Waals surface area contributed by atoms with Crippen molar-refractivity contribution in [3.63, 3.8) is 0 Å². The highest BCUT2D eigenvalue weighted by atomic mass is 16.5. The fourth-order valence-electron chi connectivity index (χ4n) is 1.37. The van der Waals surface area contributed by atoms with Gasteiger partial charge < -0.3 is 10.5 Å². The van der Waals surface area contributed by atoms with Crippen molar-refractivity contribution < 1.29 is 9.53 Å². The molecule has 0 spiro atoms. The van der Waals surface area contributed by atoms with Crippen LogP contribution in [0.5, 0.6) is 0 Å². The minimum Gasteiger partial charge on any atom is -0.462 e. The van der Waals surface area contributed by atoms with Crippen molar-refractivity contribution in [2.75, 3.05) is 26.7 Å². The summed E-state index contributed by atoms with van der Waals surface area (Å²) in [5, 5.41) is 0. The van der Waals surface area contributed by atoms with E-state index >= 15 is 0 Å². The summed E-state index contributed by atoms with van der Waals surface area (Å²) >= 11 is 0. The Morgan fingerprint density at radius 3 is 2.40 bits per heavy atom. The first-order chi connectivity index (χ1) is 6.76. The van der Waals surface area contributed by atoms with Crippen LogP contribution in [0.25, 0.3) is 0 Å². The van der Waals surface area contributed by atoms with Crippen LogP contribution in [-0.4, -0.2) is 43.7 Å². The van der Waals surface area contributed by atoms with E-state index in [4.69, 9.17) is 10.5 Å². The van der Waals surface area contributed by atoms with Gasteiger partial charge in [-0.2, -0.15) is 0 Å². The van der Waals surface area contributed by atoms with Crippen LogP contribution in [-0.2, 0) is 9.53 Å². The normalized spacial score (nSPS) is 12.3. The van der Waals surface area contributed by atoms with Crippen LogP contribution in [0.2, 0.25) is 0 Å². The SMILES string of the molecule is CC(C)OC(=O)CN(C)CC(C)(C)CN. The van der Waals surface area contributed by atoms with Gasteiger partial charge in [0.1, 0.15) is 0 Å². The molecule has 0 bridgehead atoms. The van der Waals surface area contributed by atoms with Crippen LogP contribution in [0.1, 0.15) is 27.7 Å². The van der Waals surface area contributed by atoms with Crippen molar-refractivity contribution in [2.24, 2.45) is 11.1 Å². The highest BCUT2D eigenvalue weighted by Gasteiger charge is 2.19. The maximum atomic E-state index is 11.3. The second-order valence-electron chi connectivity index (χ2n) is 5.08. The number of ether oxygens (including phenoxy) is 1. The van der Waals surface area contributed by atoms with Crippen LogP contribution >= 0.6 is 0 Å². The summed E-state index contributed by atoms with van der Waals surface area (Å²) in [7, 11) is 1.90. The largest absolute Gasteiger partial charge is 0.462 e. The quantitative estimate of drug-likeness (QED) is 0.669. The second-order valence-corrected chi connectivity index (χ2v) is 5.08. The number of rotatable bonds is 6. The van der Waals surface area contributed by atoms with E-state index < -0.39 is 0 Å². The van der Waals surface area contributed by atoms with Gasteiger partial charge in [-0.15, -0.1) is 0 Å². The lowest BCUT2D eigenvalue weighted by atomic mass is 9.93. The molecule has 0 aliphatic heterocycles. The number of nitrogens with two attached hydrogens (primary N) is 1. The van der Waals surface area contributed by atoms with Crippen LogP contribution in [0.3, 0.4) is 0 Å². The minimum atomic E-state index is -0.180. The van der Waals surface area contributed by atoms with Crippen molar-refractivity contribution in [3.8, 4) is 0 Å². The molecular weight excluding hydrogens is 192 g/mol. The van der Waals surface area contributed by atoms with E-state index in [-0.39, 0.29) is 17.5 Å². The van der Waals surface area contributed by atoms with Gasteiger partial charge in [0.2, 0.25) is 0 Å². The molecule has 4 nitrogen and oxygen atoms in total. The molecule has 0 unspecified atom stereocenters. The Bertz CT molecular complexity index is 203. The van der Waals surface area contributed by atoms with E-state index in [0.717, 1.165) is 6.54 Å². The molecule has 0 aromatic rings. The molecule has 0 atom stereocenters. The standard InChI is InChI=1S/C11H24N2O2/c1-9(2)15-10(14)6-13(5)8-11(3,4)7-12/h9H,6-8,12H2,1-5H3. The third kappa shape index (κ3) is 7.33. The number of esters is 1. The first-order valence-electron chi connectivity index (χ1n) is 5.35. The van der Waals surface area contributed by atoms with E-state index in [1.165, 1.54) is 0 Å². The highest BCUT2D eigenvalue weighted by molar-refractivity contribution is 5.71. The lowest BCUT2D eigenvalue weighted by Gasteiger charge is -2.28. The maximum absolute atomic E-state index is 11.3. The molecule has 0 saturated carbocycles. The van der Waals surface area contributed by atoms with Gasteiger partial charge >= 0.3 is 5.97 Å². The molecule has 0 radical (unpaired) electrons. The maximum Gasteiger partial charge on any atom is 0.320 e. The van der Waals surface area contributed by atoms with Crippen LogP contribution in [0.15, 0.2) is 0 Å². The Labute approximate surface area is 92.8 Å². The predicted molar refractivity (Wildman–Crippen MR) is 61.6 cm³/mol. The number of hydrogen-bond acceptors (Lipinski definition) is 4. The zero-order valence-corrected chi connectivity index (χ0v) is 10.5. The second kappa shape index (κ2) is 6.08. The molecule has 90 valence electrons. The van der Waals surface area contributed by atoms with Gasteiger partial charge in [0.15, 0.2) is 0 Å². The van der Waals surface area contributed by atoms with Gasteiger partial charge in [0.25, 0.3) is 0 Å². The Balaban J connectivity index is 3.93. The molecule has 15 heavy (non-hydrogen) atoms. The number of carbonyl (C=O) groups is 1. The summed E-state index contributed by atoms with van der Waals surface area (Å²) in [5.74, 6) is -0.180.